The molecule has 4 aliphatic rings. The summed E-state index contributed by atoms with van der Waals surface area (Å²) in [5, 5.41) is 9.47. The maximum absolute atomic E-state index is 15.2. The molecule has 2 aromatic carbocycles. The van der Waals surface area contributed by atoms with E-state index in [2.05, 4.69) is 4.90 Å². The SMILES string of the molecule is COc1cc(F)c(C2CC(CO)C2)cc1C1=CCC(N2CCC2)=N/C(=C\N2C(=O)OC(c3cc(C(F)(F)F)cc(C(F)(F)F)c3)C2C)C1. The number of aliphatic imine (C=N–C) groups is 1. The highest BCUT2D eigenvalue weighted by molar-refractivity contribution is 5.89. The van der Waals surface area contributed by atoms with E-state index in [4.69, 9.17) is 14.5 Å². The molecule has 1 aliphatic carbocycles. The topological polar surface area (TPSA) is 74.6 Å². The van der Waals surface area contributed by atoms with Crippen LogP contribution >= 0.6 is 0 Å². The Morgan fingerprint density at radius 2 is 1.71 bits per heavy atom. The lowest BCUT2D eigenvalue weighted by atomic mass is 9.71. The van der Waals surface area contributed by atoms with Crippen LogP contribution in [0.15, 0.2) is 53.3 Å². The highest BCUT2D eigenvalue weighted by Crippen LogP contribution is 2.46. The van der Waals surface area contributed by atoms with Crippen LogP contribution in [0.2, 0.25) is 0 Å². The number of carbonyl (C=O) groups excluding carboxylic acids is 1. The second-order valence-corrected chi connectivity index (χ2v) is 12.7. The maximum Gasteiger partial charge on any atom is 0.416 e. The Balaban J connectivity index is 1.35. The molecule has 2 aromatic rings. The van der Waals surface area contributed by atoms with Crippen molar-refractivity contribution in [3.05, 3.63) is 81.9 Å². The number of cyclic esters (lactones) is 1. The lowest BCUT2D eigenvalue weighted by molar-refractivity contribution is -0.143. The fourth-order valence-corrected chi connectivity index (χ4v) is 6.63. The average Bonchev–Trinajstić information content (AvgIpc) is 3.11. The fraction of sp³-hybridized carbons (Fsp3) is 0.471. The summed E-state index contributed by atoms with van der Waals surface area (Å²) in [6.07, 6.45) is -6.27. The van der Waals surface area contributed by atoms with E-state index in [1.165, 1.54) is 26.3 Å². The van der Waals surface area contributed by atoms with E-state index in [9.17, 15) is 36.2 Å². The predicted octanol–water partition coefficient (Wildman–Crippen LogP) is 8.06. The molecule has 0 aromatic heterocycles. The molecular formula is C34H34F7N3O4. The van der Waals surface area contributed by atoms with Crippen molar-refractivity contribution in [1.82, 2.24) is 9.80 Å². The van der Waals surface area contributed by atoms with Gasteiger partial charge in [0.15, 0.2) is 0 Å². The molecule has 1 saturated carbocycles. The summed E-state index contributed by atoms with van der Waals surface area (Å²) in [5.74, 6) is 0.653. The number of nitrogens with zero attached hydrogens (tertiary/aromatic N) is 3. The summed E-state index contributed by atoms with van der Waals surface area (Å²) in [6, 6.07) is 3.25. The average molecular weight is 682 g/mol. The smallest absolute Gasteiger partial charge is 0.416 e. The number of hydrogen-bond donors (Lipinski definition) is 1. The first-order valence-electron chi connectivity index (χ1n) is 15.7. The molecule has 0 spiro atoms. The second-order valence-electron chi connectivity index (χ2n) is 12.7. The van der Waals surface area contributed by atoms with Crippen LogP contribution in [0.5, 0.6) is 5.75 Å². The Morgan fingerprint density at radius 3 is 2.27 bits per heavy atom. The van der Waals surface area contributed by atoms with Crippen LogP contribution in [0.4, 0.5) is 35.5 Å². The molecule has 1 amide bonds. The van der Waals surface area contributed by atoms with Gasteiger partial charge in [-0.1, -0.05) is 6.08 Å². The van der Waals surface area contributed by atoms with E-state index in [1.54, 1.807) is 6.07 Å². The van der Waals surface area contributed by atoms with E-state index in [-0.39, 0.29) is 30.9 Å². The molecule has 7 nitrogen and oxygen atoms in total. The van der Waals surface area contributed by atoms with Crippen molar-refractivity contribution >= 4 is 17.5 Å². The van der Waals surface area contributed by atoms with E-state index in [1.807, 2.05) is 6.08 Å². The molecule has 6 rings (SSSR count). The first-order chi connectivity index (χ1) is 22.7. The van der Waals surface area contributed by atoms with Crippen molar-refractivity contribution < 1.29 is 50.1 Å². The number of benzene rings is 2. The molecule has 3 fully saturated rings. The normalized spacial score (nSPS) is 25.6. The summed E-state index contributed by atoms with van der Waals surface area (Å²) >= 11 is 0. The molecule has 1 N–H and O–H groups in total. The third-order valence-corrected chi connectivity index (χ3v) is 9.54. The Morgan fingerprint density at radius 1 is 1.04 bits per heavy atom. The number of aliphatic hydroxyl groups excluding tert-OH is 1. The first kappa shape index (κ1) is 33.8. The summed E-state index contributed by atoms with van der Waals surface area (Å²) in [5.41, 5.74) is -1.18. The minimum Gasteiger partial charge on any atom is -0.496 e. The lowest BCUT2D eigenvalue weighted by Crippen LogP contribution is -2.41. The molecule has 14 heteroatoms. The largest absolute Gasteiger partial charge is 0.496 e. The number of rotatable bonds is 6. The zero-order valence-corrected chi connectivity index (χ0v) is 26.2. The zero-order valence-electron chi connectivity index (χ0n) is 26.2. The number of ether oxygens (including phenoxy) is 2. The van der Waals surface area contributed by atoms with Gasteiger partial charge in [-0.3, -0.25) is 4.90 Å². The number of hydrogen-bond acceptors (Lipinski definition) is 6. The van der Waals surface area contributed by atoms with Crippen LogP contribution in [0.25, 0.3) is 5.57 Å². The van der Waals surface area contributed by atoms with Gasteiger partial charge in [-0.25, -0.2) is 14.2 Å². The summed E-state index contributed by atoms with van der Waals surface area (Å²) < 4.78 is 108. The number of amidine groups is 1. The summed E-state index contributed by atoms with van der Waals surface area (Å²) in [4.78, 5) is 21.2. The van der Waals surface area contributed by atoms with Crippen LogP contribution in [0, 0.1) is 11.7 Å². The maximum atomic E-state index is 15.2. The minimum absolute atomic E-state index is 0.0289. The van der Waals surface area contributed by atoms with Gasteiger partial charge in [-0.05, 0) is 79.0 Å². The van der Waals surface area contributed by atoms with Gasteiger partial charge in [-0.15, -0.1) is 0 Å². The van der Waals surface area contributed by atoms with E-state index < -0.39 is 53.1 Å². The Labute approximate surface area is 272 Å². The number of carbonyl (C=O) groups is 1. The predicted molar refractivity (Wildman–Crippen MR) is 161 cm³/mol. The number of halogens is 7. The van der Waals surface area contributed by atoms with Crippen molar-refractivity contribution in [1.29, 1.82) is 0 Å². The number of amides is 1. The minimum atomic E-state index is -5.06. The summed E-state index contributed by atoms with van der Waals surface area (Å²) in [6.45, 7) is 3.05. The molecular weight excluding hydrogens is 647 g/mol. The first-order valence-corrected chi connectivity index (χ1v) is 15.7. The number of alkyl halides is 6. The monoisotopic (exact) mass is 681 g/mol. The Bertz CT molecular complexity index is 1640. The van der Waals surface area contributed by atoms with Gasteiger partial charge in [0, 0.05) is 50.4 Å². The second kappa shape index (κ2) is 12.8. The molecule has 3 heterocycles. The van der Waals surface area contributed by atoms with Crippen molar-refractivity contribution in [2.75, 3.05) is 26.8 Å². The van der Waals surface area contributed by atoms with Crippen LogP contribution in [-0.2, 0) is 17.1 Å². The molecule has 2 unspecified atom stereocenters. The van der Waals surface area contributed by atoms with Gasteiger partial charge in [0.05, 0.1) is 30.0 Å². The van der Waals surface area contributed by atoms with E-state index >= 15 is 4.39 Å². The van der Waals surface area contributed by atoms with Gasteiger partial charge < -0.3 is 19.5 Å². The number of aliphatic hydroxyl groups is 1. The van der Waals surface area contributed by atoms with Crippen molar-refractivity contribution in [2.45, 2.75) is 69.4 Å². The highest BCUT2D eigenvalue weighted by atomic mass is 19.4. The quantitative estimate of drug-likeness (QED) is 0.313. The van der Waals surface area contributed by atoms with Gasteiger partial charge in [0.1, 0.15) is 23.5 Å². The molecule has 2 atom stereocenters. The van der Waals surface area contributed by atoms with Crippen LogP contribution in [-0.4, -0.2) is 59.7 Å². The van der Waals surface area contributed by atoms with E-state index in [0.717, 1.165) is 35.8 Å². The lowest BCUT2D eigenvalue weighted by Gasteiger charge is -2.35. The van der Waals surface area contributed by atoms with Gasteiger partial charge in [-0.2, -0.15) is 26.3 Å². The third kappa shape index (κ3) is 6.63. The number of likely N-dealkylation sites (tertiary alicyclic amines) is 1. The molecule has 48 heavy (non-hydrogen) atoms. The van der Waals surface area contributed by atoms with Crippen molar-refractivity contribution in [2.24, 2.45) is 10.9 Å². The standard InChI is InChI=1S/C34H34F7N3O4/c1-18-31(22-10-23(33(36,37)38)13-24(11-22)34(39,40)41)48-32(46)44(18)16-25-12-20(4-5-30(42-25)43-6-3-7-43)27-14-26(21-8-19(9-21)17-45)28(35)15-29(27)47-2/h4,10-11,13-16,18-19,21,31,45H,3,5-9,12,17H2,1-2H3/b25-16-. The highest BCUT2D eigenvalue weighted by Gasteiger charge is 2.43. The summed E-state index contributed by atoms with van der Waals surface area (Å²) in [7, 11) is 1.43. The van der Waals surface area contributed by atoms with Gasteiger partial charge in [0.2, 0.25) is 0 Å². The molecule has 3 aliphatic heterocycles. The van der Waals surface area contributed by atoms with E-state index in [0.29, 0.717) is 54.0 Å². The number of allylic oxidation sites excluding steroid dienone is 1. The zero-order chi connectivity index (χ0) is 34.5. The van der Waals surface area contributed by atoms with Crippen LogP contribution in [0.3, 0.4) is 0 Å². The van der Waals surface area contributed by atoms with Gasteiger partial charge >= 0.3 is 18.4 Å². The molecule has 258 valence electrons. The third-order valence-electron chi connectivity index (χ3n) is 9.54. The fourth-order valence-electron chi connectivity index (χ4n) is 6.63. The Hall–Kier alpha value is -4.07. The Kier molecular flexibility index (Phi) is 8.98. The molecule has 2 saturated heterocycles. The molecule has 0 bridgehead atoms. The van der Waals surface area contributed by atoms with Crippen LogP contribution in [0.1, 0.15) is 78.9 Å². The molecule has 0 radical (unpaired) electrons. The number of methoxy groups -OCH3 is 1. The van der Waals surface area contributed by atoms with Crippen LogP contribution < -0.4 is 4.74 Å². The van der Waals surface area contributed by atoms with Gasteiger partial charge in [0.25, 0.3) is 0 Å². The van der Waals surface area contributed by atoms with Crippen molar-refractivity contribution in [3.63, 3.8) is 0 Å². The van der Waals surface area contributed by atoms with Crippen molar-refractivity contribution in [3.8, 4) is 5.75 Å².